The quantitative estimate of drug-likeness (QED) is 0.748. The summed E-state index contributed by atoms with van der Waals surface area (Å²) in [4.78, 5) is 38.4. The molecule has 27 heavy (non-hydrogen) atoms. The molecule has 0 unspecified atom stereocenters. The highest BCUT2D eigenvalue weighted by molar-refractivity contribution is 6.08. The average molecular weight is 367 g/mol. The summed E-state index contributed by atoms with van der Waals surface area (Å²) in [6.07, 6.45) is 11.4. The predicted octanol–water partition coefficient (Wildman–Crippen LogP) is 4.60. The Balaban J connectivity index is 1.78. The van der Waals surface area contributed by atoms with Gasteiger partial charge >= 0.3 is 0 Å². The maximum absolute atomic E-state index is 13.0. The van der Waals surface area contributed by atoms with Crippen LogP contribution in [0.1, 0.15) is 74.6 Å². The van der Waals surface area contributed by atoms with Gasteiger partial charge in [0, 0.05) is 23.5 Å². The molecule has 0 bridgehead atoms. The van der Waals surface area contributed by atoms with Crippen molar-refractivity contribution in [1.82, 2.24) is 5.32 Å². The lowest BCUT2D eigenvalue weighted by molar-refractivity contribution is -0.122. The largest absolute Gasteiger partial charge is 0.319 e. The minimum Gasteiger partial charge on any atom is -0.319 e. The number of hydrogen-bond acceptors (Lipinski definition) is 3. The van der Waals surface area contributed by atoms with Crippen molar-refractivity contribution >= 4 is 17.5 Å². The summed E-state index contributed by atoms with van der Waals surface area (Å²) in [7, 11) is 0. The van der Waals surface area contributed by atoms with Gasteiger partial charge < -0.3 is 5.32 Å². The lowest BCUT2D eigenvalue weighted by Gasteiger charge is -2.23. The van der Waals surface area contributed by atoms with Gasteiger partial charge in [-0.15, -0.1) is 0 Å². The Bertz CT molecular complexity index is 696. The van der Waals surface area contributed by atoms with Gasteiger partial charge in [-0.05, 0) is 37.8 Å². The molecular weight excluding hydrogens is 338 g/mol. The highest BCUT2D eigenvalue weighted by Gasteiger charge is 2.27. The SMILES string of the molecule is O=C(N/C(=C\C(=O)C1CCCCC1)C(=O)C1CCCCC1)c1ccccc1. The lowest BCUT2D eigenvalue weighted by atomic mass is 9.83. The minimum absolute atomic E-state index is 0.0118. The van der Waals surface area contributed by atoms with E-state index in [1.54, 1.807) is 24.3 Å². The summed E-state index contributed by atoms with van der Waals surface area (Å²) in [6, 6.07) is 8.83. The Labute approximate surface area is 161 Å². The Morgan fingerprint density at radius 2 is 1.33 bits per heavy atom. The van der Waals surface area contributed by atoms with Crippen LogP contribution in [0.3, 0.4) is 0 Å². The number of hydrogen-bond donors (Lipinski definition) is 1. The fourth-order valence-electron chi connectivity index (χ4n) is 4.18. The number of nitrogens with one attached hydrogen (secondary N) is 1. The number of benzene rings is 1. The van der Waals surface area contributed by atoms with Gasteiger partial charge in [0.2, 0.25) is 0 Å². The van der Waals surface area contributed by atoms with Gasteiger partial charge in [-0.2, -0.15) is 0 Å². The van der Waals surface area contributed by atoms with Gasteiger partial charge in [-0.25, -0.2) is 0 Å². The van der Waals surface area contributed by atoms with Crippen LogP contribution in [0.25, 0.3) is 0 Å². The Hall–Kier alpha value is -2.23. The molecule has 0 saturated heterocycles. The molecule has 0 atom stereocenters. The van der Waals surface area contributed by atoms with E-state index >= 15 is 0 Å². The Kier molecular flexibility index (Phi) is 6.97. The van der Waals surface area contributed by atoms with Crippen LogP contribution in [-0.4, -0.2) is 17.5 Å². The molecule has 2 fully saturated rings. The third kappa shape index (κ3) is 5.38. The van der Waals surface area contributed by atoms with Crippen LogP contribution in [0.2, 0.25) is 0 Å². The van der Waals surface area contributed by atoms with E-state index in [4.69, 9.17) is 0 Å². The molecule has 4 heteroatoms. The van der Waals surface area contributed by atoms with Crippen LogP contribution in [-0.2, 0) is 9.59 Å². The van der Waals surface area contributed by atoms with E-state index in [1.165, 1.54) is 12.5 Å². The van der Waals surface area contributed by atoms with Crippen LogP contribution < -0.4 is 5.32 Å². The standard InChI is InChI=1S/C23H29NO3/c25-21(17-10-4-1-5-11-17)16-20(22(26)18-12-6-2-7-13-18)24-23(27)19-14-8-3-9-15-19/h3,8-9,14-18H,1-2,4-7,10-13H2,(H,24,27)/b20-16-. The number of allylic oxidation sites excluding steroid dienone is 2. The van der Waals surface area contributed by atoms with Crippen molar-refractivity contribution in [3.05, 3.63) is 47.7 Å². The number of ketones is 2. The maximum atomic E-state index is 13.0. The maximum Gasteiger partial charge on any atom is 0.255 e. The zero-order chi connectivity index (χ0) is 19.1. The predicted molar refractivity (Wildman–Crippen MR) is 105 cm³/mol. The molecule has 2 aliphatic rings. The second-order valence-electron chi connectivity index (χ2n) is 7.81. The van der Waals surface area contributed by atoms with Crippen molar-refractivity contribution in [2.75, 3.05) is 0 Å². The molecule has 0 aliphatic heterocycles. The molecular formula is C23H29NO3. The molecule has 144 valence electrons. The Morgan fingerprint density at radius 1 is 0.778 bits per heavy atom. The van der Waals surface area contributed by atoms with Crippen molar-refractivity contribution in [2.45, 2.75) is 64.2 Å². The number of carbonyl (C=O) groups is 3. The molecule has 1 aromatic carbocycles. The van der Waals surface area contributed by atoms with Crippen molar-refractivity contribution in [2.24, 2.45) is 11.8 Å². The fraction of sp³-hybridized carbons (Fsp3) is 0.522. The van der Waals surface area contributed by atoms with Gasteiger partial charge in [0.15, 0.2) is 11.6 Å². The molecule has 1 aromatic rings. The summed E-state index contributed by atoms with van der Waals surface area (Å²) in [5, 5.41) is 2.75. The molecule has 1 N–H and O–H groups in total. The summed E-state index contributed by atoms with van der Waals surface area (Å²) in [5.41, 5.74) is 0.677. The monoisotopic (exact) mass is 367 g/mol. The van der Waals surface area contributed by atoms with Crippen LogP contribution in [0.15, 0.2) is 42.1 Å². The number of Topliss-reactive ketones (excluding diaryl/α,β-unsaturated/α-hetero) is 1. The van der Waals surface area contributed by atoms with E-state index in [0.717, 1.165) is 57.8 Å². The van der Waals surface area contributed by atoms with Gasteiger partial charge in [-0.3, -0.25) is 14.4 Å². The van der Waals surface area contributed by atoms with Gasteiger partial charge in [0.25, 0.3) is 5.91 Å². The first kappa shape index (κ1) is 19.5. The van der Waals surface area contributed by atoms with Crippen molar-refractivity contribution < 1.29 is 14.4 Å². The summed E-state index contributed by atoms with van der Waals surface area (Å²) in [5.74, 6) is -0.519. The Morgan fingerprint density at radius 3 is 1.93 bits per heavy atom. The summed E-state index contributed by atoms with van der Waals surface area (Å²) >= 11 is 0. The third-order valence-corrected chi connectivity index (χ3v) is 5.82. The molecule has 0 spiro atoms. The van der Waals surface area contributed by atoms with E-state index in [1.807, 2.05) is 6.07 Å². The molecule has 4 nitrogen and oxygen atoms in total. The molecule has 0 heterocycles. The second-order valence-corrected chi connectivity index (χ2v) is 7.81. The highest BCUT2D eigenvalue weighted by Crippen LogP contribution is 2.28. The molecule has 2 saturated carbocycles. The van der Waals surface area contributed by atoms with E-state index in [2.05, 4.69) is 5.32 Å². The van der Waals surface area contributed by atoms with Crippen molar-refractivity contribution in [3.63, 3.8) is 0 Å². The minimum atomic E-state index is -0.331. The van der Waals surface area contributed by atoms with E-state index < -0.39 is 0 Å². The number of carbonyl (C=O) groups excluding carboxylic acids is 3. The van der Waals surface area contributed by atoms with Crippen molar-refractivity contribution in [3.8, 4) is 0 Å². The zero-order valence-electron chi connectivity index (χ0n) is 15.9. The van der Waals surface area contributed by atoms with Gasteiger partial charge in [0.1, 0.15) is 0 Å². The number of amides is 1. The highest BCUT2D eigenvalue weighted by atomic mass is 16.2. The fourth-order valence-corrected chi connectivity index (χ4v) is 4.18. The normalized spacial score (nSPS) is 19.5. The first-order valence-electron chi connectivity index (χ1n) is 10.3. The first-order chi connectivity index (χ1) is 13.1. The van der Waals surface area contributed by atoms with Crippen LogP contribution in [0, 0.1) is 11.8 Å². The third-order valence-electron chi connectivity index (χ3n) is 5.82. The smallest absolute Gasteiger partial charge is 0.255 e. The average Bonchev–Trinajstić information content (AvgIpc) is 2.74. The first-order valence-corrected chi connectivity index (χ1v) is 10.3. The second kappa shape index (κ2) is 9.63. The summed E-state index contributed by atoms with van der Waals surface area (Å²) in [6.45, 7) is 0. The summed E-state index contributed by atoms with van der Waals surface area (Å²) < 4.78 is 0. The zero-order valence-corrected chi connectivity index (χ0v) is 15.9. The van der Waals surface area contributed by atoms with E-state index in [9.17, 15) is 14.4 Å². The van der Waals surface area contributed by atoms with E-state index in [0.29, 0.717) is 5.56 Å². The molecule has 1 amide bonds. The van der Waals surface area contributed by atoms with Gasteiger partial charge in [-0.1, -0.05) is 56.7 Å². The van der Waals surface area contributed by atoms with Crippen LogP contribution in [0.5, 0.6) is 0 Å². The van der Waals surface area contributed by atoms with Crippen LogP contribution >= 0.6 is 0 Å². The van der Waals surface area contributed by atoms with E-state index in [-0.39, 0.29) is 35.0 Å². The van der Waals surface area contributed by atoms with Crippen molar-refractivity contribution in [1.29, 1.82) is 0 Å². The molecule has 2 aliphatic carbocycles. The molecule has 3 rings (SSSR count). The molecule has 0 radical (unpaired) electrons. The van der Waals surface area contributed by atoms with Gasteiger partial charge in [0.05, 0.1) is 5.70 Å². The van der Waals surface area contributed by atoms with Crippen LogP contribution in [0.4, 0.5) is 0 Å². The molecule has 0 aromatic heterocycles. The lowest BCUT2D eigenvalue weighted by Crippen LogP contribution is -2.33. The topological polar surface area (TPSA) is 63.2 Å². The number of rotatable bonds is 6.